The van der Waals surface area contributed by atoms with Crippen molar-refractivity contribution in [1.82, 2.24) is 0 Å². The average Bonchev–Trinajstić information content (AvgIpc) is 2.68. The van der Waals surface area contributed by atoms with Gasteiger partial charge < -0.3 is 31.4 Å². The molecule has 9 nitrogen and oxygen atoms in total. The number of ether oxygens (including phenoxy) is 3. The van der Waals surface area contributed by atoms with E-state index >= 15 is 0 Å². The summed E-state index contributed by atoms with van der Waals surface area (Å²) in [6.07, 6.45) is 5.06. The molecule has 0 rings (SSSR count). The zero-order chi connectivity index (χ0) is 21.0. The van der Waals surface area contributed by atoms with Crippen molar-refractivity contribution in [3.05, 3.63) is 0 Å². The van der Waals surface area contributed by atoms with Gasteiger partial charge in [-0.1, -0.05) is 0 Å². The highest BCUT2D eigenvalue weighted by Crippen LogP contribution is 2.07. The number of unbranched alkanes of at least 4 members (excludes halogenated alkanes) is 3. The quantitative estimate of drug-likeness (QED) is 0.169. The Hall–Kier alpha value is -1.71. The predicted octanol–water partition coefficient (Wildman–Crippen LogP) is 0.619. The second-order valence-corrected chi connectivity index (χ2v) is 6.65. The summed E-state index contributed by atoms with van der Waals surface area (Å²) in [7, 11) is 0. The van der Waals surface area contributed by atoms with Crippen molar-refractivity contribution in [3.8, 4) is 0 Å². The van der Waals surface area contributed by atoms with Gasteiger partial charge in [0, 0.05) is 19.3 Å². The Balaban J connectivity index is 4.33. The van der Waals surface area contributed by atoms with E-state index in [0.29, 0.717) is 38.9 Å². The van der Waals surface area contributed by atoms with Crippen LogP contribution in [0.4, 0.5) is 0 Å². The lowest BCUT2D eigenvalue weighted by molar-refractivity contribution is -0.153. The normalized spacial score (nSPS) is 10.7. The summed E-state index contributed by atoms with van der Waals surface area (Å²) in [5.74, 6) is -1.44. The molecular weight excluding hydrogens is 366 g/mol. The molecule has 0 fully saturated rings. The molecule has 0 aromatic rings. The molecule has 0 atom stereocenters. The van der Waals surface area contributed by atoms with Gasteiger partial charge in [0.15, 0.2) is 0 Å². The van der Waals surface area contributed by atoms with Crippen LogP contribution in [0.3, 0.4) is 0 Å². The fourth-order valence-corrected chi connectivity index (χ4v) is 2.23. The van der Waals surface area contributed by atoms with Crippen molar-refractivity contribution in [2.45, 2.75) is 57.8 Å². The van der Waals surface area contributed by atoms with E-state index in [1.54, 1.807) is 0 Å². The molecule has 0 amide bonds. The van der Waals surface area contributed by atoms with Gasteiger partial charge in [-0.2, -0.15) is 0 Å². The van der Waals surface area contributed by atoms with Crippen LogP contribution in [0.15, 0.2) is 0 Å². The third-order valence-electron chi connectivity index (χ3n) is 3.95. The van der Waals surface area contributed by atoms with Crippen molar-refractivity contribution in [3.63, 3.8) is 0 Å². The number of hydrogen-bond donors (Lipinski definition) is 3. The van der Waals surface area contributed by atoms with Crippen LogP contribution < -0.4 is 17.2 Å². The Morgan fingerprint density at radius 1 is 0.536 bits per heavy atom. The topological polar surface area (TPSA) is 157 Å². The van der Waals surface area contributed by atoms with E-state index in [1.165, 1.54) is 0 Å². The first-order valence-corrected chi connectivity index (χ1v) is 10.1. The van der Waals surface area contributed by atoms with Gasteiger partial charge in [0.1, 0.15) is 19.8 Å². The first-order valence-electron chi connectivity index (χ1n) is 10.1. The Bertz CT molecular complexity index is 372. The SMILES string of the molecule is NCCCCC(=O)OCC(COC(=O)CCCCN)COC(=O)CCCCN. The molecule has 0 aliphatic heterocycles. The summed E-state index contributed by atoms with van der Waals surface area (Å²) in [6, 6.07) is 0. The van der Waals surface area contributed by atoms with E-state index in [4.69, 9.17) is 31.4 Å². The first-order chi connectivity index (χ1) is 13.5. The molecule has 0 aliphatic carbocycles. The average molecular weight is 404 g/mol. The second-order valence-electron chi connectivity index (χ2n) is 6.65. The Labute approximate surface area is 167 Å². The molecule has 0 heterocycles. The van der Waals surface area contributed by atoms with Gasteiger partial charge in [0.2, 0.25) is 0 Å². The summed E-state index contributed by atoms with van der Waals surface area (Å²) in [6.45, 7) is 1.64. The molecule has 0 saturated carbocycles. The predicted molar refractivity (Wildman–Crippen MR) is 105 cm³/mol. The zero-order valence-corrected chi connectivity index (χ0v) is 16.9. The maximum Gasteiger partial charge on any atom is 0.305 e. The van der Waals surface area contributed by atoms with Crippen LogP contribution in [0.5, 0.6) is 0 Å². The summed E-state index contributed by atoms with van der Waals surface area (Å²) in [5.41, 5.74) is 16.2. The highest BCUT2D eigenvalue weighted by Gasteiger charge is 2.17. The molecule has 0 saturated heterocycles. The number of esters is 3. The van der Waals surface area contributed by atoms with Gasteiger partial charge in [0.25, 0.3) is 0 Å². The fraction of sp³-hybridized carbons (Fsp3) is 0.842. The van der Waals surface area contributed by atoms with E-state index in [0.717, 1.165) is 19.3 Å². The molecule has 0 unspecified atom stereocenters. The van der Waals surface area contributed by atoms with Crippen LogP contribution in [0.1, 0.15) is 57.8 Å². The Kier molecular flexibility index (Phi) is 17.5. The maximum atomic E-state index is 11.7. The van der Waals surface area contributed by atoms with Crippen LogP contribution in [0.2, 0.25) is 0 Å². The number of carbonyl (C=O) groups is 3. The smallest absolute Gasteiger partial charge is 0.305 e. The van der Waals surface area contributed by atoms with Crippen LogP contribution in [-0.4, -0.2) is 57.4 Å². The highest BCUT2D eigenvalue weighted by atomic mass is 16.6. The van der Waals surface area contributed by atoms with E-state index in [1.807, 2.05) is 0 Å². The molecule has 0 aromatic carbocycles. The van der Waals surface area contributed by atoms with Gasteiger partial charge in [-0.3, -0.25) is 14.4 Å². The molecule has 28 heavy (non-hydrogen) atoms. The fourth-order valence-electron chi connectivity index (χ4n) is 2.23. The lowest BCUT2D eigenvalue weighted by atomic mass is 10.2. The number of nitrogens with two attached hydrogens (primary N) is 3. The van der Waals surface area contributed by atoms with Crippen molar-refractivity contribution < 1.29 is 28.6 Å². The number of rotatable bonds is 18. The van der Waals surface area contributed by atoms with Gasteiger partial charge in [-0.15, -0.1) is 0 Å². The van der Waals surface area contributed by atoms with E-state index in [9.17, 15) is 14.4 Å². The lowest BCUT2D eigenvalue weighted by Gasteiger charge is -2.17. The summed E-state index contributed by atoms with van der Waals surface area (Å²) in [5, 5.41) is 0. The highest BCUT2D eigenvalue weighted by molar-refractivity contribution is 5.70. The minimum absolute atomic E-state index is 0.0214. The molecule has 0 bridgehead atoms. The molecule has 9 heteroatoms. The van der Waals surface area contributed by atoms with Crippen LogP contribution in [0.25, 0.3) is 0 Å². The largest absolute Gasteiger partial charge is 0.465 e. The van der Waals surface area contributed by atoms with Crippen molar-refractivity contribution in [1.29, 1.82) is 0 Å². The summed E-state index contributed by atoms with van der Waals surface area (Å²) < 4.78 is 15.7. The number of carbonyl (C=O) groups excluding carboxylic acids is 3. The molecule has 0 spiro atoms. The first kappa shape index (κ1) is 26.3. The zero-order valence-electron chi connectivity index (χ0n) is 16.9. The van der Waals surface area contributed by atoms with Crippen molar-refractivity contribution in [2.24, 2.45) is 23.1 Å². The van der Waals surface area contributed by atoms with Crippen LogP contribution in [-0.2, 0) is 28.6 Å². The number of hydrogen-bond acceptors (Lipinski definition) is 9. The summed E-state index contributed by atoms with van der Waals surface area (Å²) >= 11 is 0. The lowest BCUT2D eigenvalue weighted by Crippen LogP contribution is -2.26. The standard InChI is InChI=1S/C19H37N3O6/c20-10-4-1-7-17(23)26-13-16(14-27-18(24)8-2-5-11-21)15-28-19(25)9-3-6-12-22/h16H,1-15,20-22H2. The van der Waals surface area contributed by atoms with Gasteiger partial charge >= 0.3 is 17.9 Å². The molecule has 6 N–H and O–H groups in total. The summed E-state index contributed by atoms with van der Waals surface area (Å²) in [4.78, 5) is 35.2. The third-order valence-corrected chi connectivity index (χ3v) is 3.95. The third kappa shape index (κ3) is 16.5. The molecular formula is C19H37N3O6. The Morgan fingerprint density at radius 3 is 1.07 bits per heavy atom. The Morgan fingerprint density at radius 2 is 0.821 bits per heavy atom. The monoisotopic (exact) mass is 403 g/mol. The van der Waals surface area contributed by atoms with Gasteiger partial charge in [0.05, 0.1) is 5.92 Å². The van der Waals surface area contributed by atoms with Crippen LogP contribution in [0, 0.1) is 5.92 Å². The van der Waals surface area contributed by atoms with Gasteiger partial charge in [-0.05, 0) is 58.2 Å². The second kappa shape index (κ2) is 18.6. The van der Waals surface area contributed by atoms with E-state index in [-0.39, 0.29) is 57.0 Å². The van der Waals surface area contributed by atoms with Gasteiger partial charge in [-0.25, -0.2) is 0 Å². The maximum absolute atomic E-state index is 11.7. The minimum atomic E-state index is -0.407. The molecule has 0 aliphatic rings. The minimum Gasteiger partial charge on any atom is -0.465 e. The molecule has 0 aromatic heterocycles. The van der Waals surface area contributed by atoms with Crippen molar-refractivity contribution >= 4 is 17.9 Å². The van der Waals surface area contributed by atoms with E-state index < -0.39 is 5.92 Å². The van der Waals surface area contributed by atoms with E-state index in [2.05, 4.69) is 0 Å². The van der Waals surface area contributed by atoms with Crippen molar-refractivity contribution in [2.75, 3.05) is 39.5 Å². The molecule has 164 valence electrons. The van der Waals surface area contributed by atoms with Crippen LogP contribution >= 0.6 is 0 Å². The molecule has 0 radical (unpaired) electrons.